The monoisotopic (exact) mass is 472 g/mol. The molecule has 5 rings (SSSR count). The van der Waals surface area contributed by atoms with Gasteiger partial charge in [0.2, 0.25) is 5.95 Å². The molecule has 1 aliphatic heterocycles. The van der Waals surface area contributed by atoms with Gasteiger partial charge in [0.1, 0.15) is 0 Å². The van der Waals surface area contributed by atoms with E-state index >= 15 is 0 Å². The van der Waals surface area contributed by atoms with Crippen LogP contribution in [0.25, 0.3) is 5.69 Å². The summed E-state index contributed by atoms with van der Waals surface area (Å²) in [5.74, 6) is 0.262. The van der Waals surface area contributed by atoms with Crippen molar-refractivity contribution in [3.63, 3.8) is 0 Å². The maximum atomic E-state index is 13.4. The first kappa shape index (κ1) is 21.8. The van der Waals surface area contributed by atoms with E-state index in [1.165, 1.54) is 0 Å². The van der Waals surface area contributed by atoms with Crippen LogP contribution >= 0.6 is 11.6 Å². The van der Waals surface area contributed by atoms with Crippen molar-refractivity contribution in [2.45, 2.75) is 0 Å². The van der Waals surface area contributed by atoms with Crippen molar-refractivity contribution in [3.05, 3.63) is 101 Å². The van der Waals surface area contributed by atoms with Crippen LogP contribution in [-0.2, 0) is 0 Å². The van der Waals surface area contributed by atoms with E-state index in [2.05, 4.69) is 20.4 Å². The topological polar surface area (TPSA) is 84.2 Å². The zero-order valence-electron chi connectivity index (χ0n) is 18.2. The maximum Gasteiger partial charge on any atom is 0.254 e. The van der Waals surface area contributed by atoms with Crippen molar-refractivity contribution >= 4 is 29.2 Å². The zero-order valence-corrected chi connectivity index (χ0v) is 19.0. The van der Waals surface area contributed by atoms with Gasteiger partial charge in [-0.15, -0.1) is 0 Å². The Labute approximate surface area is 201 Å². The second-order valence-corrected chi connectivity index (χ2v) is 8.32. The van der Waals surface area contributed by atoms with Crippen molar-refractivity contribution in [2.24, 2.45) is 0 Å². The number of carbonyl (C=O) groups excluding carboxylic acids is 2. The van der Waals surface area contributed by atoms with Gasteiger partial charge in [0.25, 0.3) is 5.91 Å². The van der Waals surface area contributed by atoms with E-state index in [0.29, 0.717) is 53.8 Å². The number of hydrogen-bond donors (Lipinski definition) is 0. The molecule has 1 aromatic heterocycles. The lowest BCUT2D eigenvalue weighted by Gasteiger charge is -2.35. The van der Waals surface area contributed by atoms with E-state index in [9.17, 15) is 9.59 Å². The Morgan fingerprint density at radius 2 is 1.41 bits per heavy atom. The van der Waals surface area contributed by atoms with E-state index in [0.717, 1.165) is 5.69 Å². The number of piperazine rings is 1. The highest BCUT2D eigenvalue weighted by molar-refractivity contribution is 6.30. The van der Waals surface area contributed by atoms with Crippen molar-refractivity contribution in [1.29, 1.82) is 0 Å². The number of tetrazole rings is 1. The molecule has 0 aliphatic carbocycles. The van der Waals surface area contributed by atoms with Crippen LogP contribution < -0.4 is 4.90 Å². The average molecular weight is 473 g/mol. The molecular weight excluding hydrogens is 452 g/mol. The molecule has 0 unspecified atom stereocenters. The van der Waals surface area contributed by atoms with Crippen molar-refractivity contribution in [2.75, 3.05) is 31.1 Å². The number of para-hydroxylation sites is 1. The predicted molar refractivity (Wildman–Crippen MR) is 129 cm³/mol. The normalized spacial score (nSPS) is 13.7. The fourth-order valence-corrected chi connectivity index (χ4v) is 4.15. The number of ketones is 1. The van der Waals surface area contributed by atoms with Gasteiger partial charge < -0.3 is 9.80 Å². The minimum atomic E-state index is -0.207. The molecule has 0 spiro atoms. The molecular formula is C25H21ClN6O2. The van der Waals surface area contributed by atoms with Crippen LogP contribution in [0.1, 0.15) is 26.3 Å². The van der Waals surface area contributed by atoms with E-state index in [4.69, 9.17) is 11.6 Å². The van der Waals surface area contributed by atoms with Gasteiger partial charge >= 0.3 is 0 Å². The van der Waals surface area contributed by atoms with Gasteiger partial charge in [0.15, 0.2) is 5.78 Å². The van der Waals surface area contributed by atoms with Crippen LogP contribution in [0, 0.1) is 0 Å². The summed E-state index contributed by atoms with van der Waals surface area (Å²) in [6.45, 7) is 2.13. The first-order valence-electron chi connectivity index (χ1n) is 10.9. The first-order chi connectivity index (χ1) is 16.6. The standard InChI is InChI=1S/C25H21ClN6O2/c26-19-12-10-18(11-13-19)23(33)21-8-4-5-9-22(21)24(34)30-14-16-31(17-15-30)25-27-28-29-32(25)20-6-2-1-3-7-20/h1-13H,14-17H2. The molecule has 0 N–H and O–H groups in total. The number of amides is 1. The van der Waals surface area contributed by atoms with Crippen LogP contribution in [0.2, 0.25) is 5.02 Å². The Morgan fingerprint density at radius 3 is 2.12 bits per heavy atom. The summed E-state index contributed by atoms with van der Waals surface area (Å²) in [6.07, 6.45) is 0. The molecule has 9 heteroatoms. The number of rotatable bonds is 5. The highest BCUT2D eigenvalue weighted by atomic mass is 35.5. The largest absolute Gasteiger partial charge is 0.336 e. The fourth-order valence-electron chi connectivity index (χ4n) is 4.02. The van der Waals surface area contributed by atoms with E-state index in [1.807, 2.05) is 30.3 Å². The van der Waals surface area contributed by atoms with Gasteiger partial charge in [-0.1, -0.05) is 53.1 Å². The lowest BCUT2D eigenvalue weighted by atomic mass is 9.97. The van der Waals surface area contributed by atoms with E-state index in [-0.39, 0.29) is 11.7 Å². The van der Waals surface area contributed by atoms with Crippen LogP contribution in [0.5, 0.6) is 0 Å². The third kappa shape index (κ3) is 4.27. The van der Waals surface area contributed by atoms with Gasteiger partial charge in [0.05, 0.1) is 11.3 Å². The summed E-state index contributed by atoms with van der Waals surface area (Å²) in [4.78, 5) is 30.3. The van der Waals surface area contributed by atoms with Crippen LogP contribution in [0.4, 0.5) is 5.95 Å². The smallest absolute Gasteiger partial charge is 0.254 e. The van der Waals surface area contributed by atoms with Crippen LogP contribution in [0.15, 0.2) is 78.9 Å². The van der Waals surface area contributed by atoms with Crippen molar-refractivity contribution < 1.29 is 9.59 Å². The molecule has 0 atom stereocenters. The summed E-state index contributed by atoms with van der Waals surface area (Å²) >= 11 is 5.95. The maximum absolute atomic E-state index is 13.4. The number of benzene rings is 3. The SMILES string of the molecule is O=C(c1ccc(Cl)cc1)c1ccccc1C(=O)N1CCN(c2nnnn2-c2ccccc2)CC1. The minimum absolute atomic E-state index is 0.166. The highest BCUT2D eigenvalue weighted by Gasteiger charge is 2.28. The molecule has 1 saturated heterocycles. The molecule has 2 heterocycles. The Bertz CT molecular complexity index is 1310. The quantitative estimate of drug-likeness (QED) is 0.413. The number of carbonyl (C=O) groups is 2. The molecule has 1 fully saturated rings. The second kappa shape index (κ2) is 9.44. The van der Waals surface area contributed by atoms with Crippen molar-refractivity contribution in [1.82, 2.24) is 25.1 Å². The first-order valence-corrected chi connectivity index (χ1v) is 11.3. The van der Waals surface area contributed by atoms with E-state index in [1.54, 1.807) is 58.1 Å². The lowest BCUT2D eigenvalue weighted by Crippen LogP contribution is -2.49. The fraction of sp³-hybridized carbons (Fsp3) is 0.160. The average Bonchev–Trinajstić information content (AvgIpc) is 3.39. The summed E-state index contributed by atoms with van der Waals surface area (Å²) in [6, 6.07) is 23.3. The Balaban J connectivity index is 1.32. The third-order valence-electron chi connectivity index (χ3n) is 5.81. The van der Waals surface area contributed by atoms with Crippen molar-refractivity contribution in [3.8, 4) is 5.69 Å². The van der Waals surface area contributed by atoms with Gasteiger partial charge in [-0.2, -0.15) is 4.68 Å². The molecule has 0 bridgehead atoms. The lowest BCUT2D eigenvalue weighted by molar-refractivity contribution is 0.0742. The molecule has 1 amide bonds. The predicted octanol–water partition coefficient (Wildman–Crippen LogP) is 3.51. The second-order valence-electron chi connectivity index (χ2n) is 7.89. The molecule has 8 nitrogen and oxygen atoms in total. The Morgan fingerprint density at radius 1 is 0.765 bits per heavy atom. The van der Waals surface area contributed by atoms with Gasteiger partial charge in [-0.05, 0) is 52.9 Å². The Hall–Kier alpha value is -4.04. The molecule has 170 valence electrons. The summed E-state index contributed by atoms with van der Waals surface area (Å²) in [5.41, 5.74) is 2.13. The van der Waals surface area contributed by atoms with Gasteiger partial charge in [-0.3, -0.25) is 9.59 Å². The molecule has 0 saturated carbocycles. The number of anilines is 1. The third-order valence-corrected chi connectivity index (χ3v) is 6.06. The number of nitrogens with zero attached hydrogens (tertiary/aromatic N) is 6. The summed E-state index contributed by atoms with van der Waals surface area (Å²) < 4.78 is 1.69. The van der Waals surface area contributed by atoms with E-state index < -0.39 is 0 Å². The van der Waals surface area contributed by atoms with Gasteiger partial charge in [-0.25, -0.2) is 0 Å². The summed E-state index contributed by atoms with van der Waals surface area (Å²) in [7, 11) is 0. The number of halogens is 1. The van der Waals surface area contributed by atoms with Crippen LogP contribution in [-0.4, -0.2) is 63.0 Å². The molecule has 3 aromatic carbocycles. The molecule has 1 aliphatic rings. The Kier molecular flexibility index (Phi) is 6.05. The number of aromatic nitrogens is 4. The van der Waals surface area contributed by atoms with Gasteiger partial charge in [0, 0.05) is 42.3 Å². The molecule has 34 heavy (non-hydrogen) atoms. The zero-order chi connectivity index (χ0) is 23.5. The molecule has 0 radical (unpaired) electrons. The number of hydrogen-bond acceptors (Lipinski definition) is 6. The molecule has 4 aromatic rings. The summed E-state index contributed by atoms with van der Waals surface area (Å²) in [5, 5.41) is 12.7. The highest BCUT2D eigenvalue weighted by Crippen LogP contribution is 2.21. The van der Waals surface area contributed by atoms with Crippen LogP contribution in [0.3, 0.4) is 0 Å². The minimum Gasteiger partial charge on any atom is -0.336 e.